The third-order valence-electron chi connectivity index (χ3n) is 6.54. The van der Waals surface area contributed by atoms with E-state index in [0.29, 0.717) is 5.92 Å². The van der Waals surface area contributed by atoms with Gasteiger partial charge >= 0.3 is 0 Å². The molecule has 1 aliphatic rings. The highest BCUT2D eigenvalue weighted by Gasteiger charge is 2.24. The Bertz CT molecular complexity index is 1060. The largest absolute Gasteiger partial charge is 0.0609 e. The van der Waals surface area contributed by atoms with E-state index in [1.807, 2.05) is 12.1 Å². The van der Waals surface area contributed by atoms with Gasteiger partial charge in [0.15, 0.2) is 0 Å². The number of aryl methyl sites for hydroxylation is 2. The Morgan fingerprint density at radius 2 is 1.34 bits per heavy atom. The van der Waals surface area contributed by atoms with E-state index in [1.165, 1.54) is 51.8 Å². The van der Waals surface area contributed by atoms with Crippen LogP contribution >= 0.6 is 15.9 Å². The van der Waals surface area contributed by atoms with E-state index in [1.54, 1.807) is 0 Å². The summed E-state index contributed by atoms with van der Waals surface area (Å²) < 4.78 is 1.15. The predicted molar refractivity (Wildman–Crippen MR) is 145 cm³/mol. The zero-order chi connectivity index (χ0) is 23.7. The molecule has 1 unspecified atom stereocenters. The second kappa shape index (κ2) is 9.56. The van der Waals surface area contributed by atoms with E-state index < -0.39 is 0 Å². The first kappa shape index (κ1) is 24.8. The van der Waals surface area contributed by atoms with Gasteiger partial charge in [0.05, 0.1) is 0 Å². The Morgan fingerprint density at radius 1 is 0.750 bits per heavy atom. The third-order valence-corrected chi connectivity index (χ3v) is 7.04. The monoisotopic (exact) mass is 490 g/mol. The molecule has 0 radical (unpaired) electrons. The van der Waals surface area contributed by atoms with Gasteiger partial charge in [-0.3, -0.25) is 0 Å². The Hall–Kier alpha value is -1.86. The highest BCUT2D eigenvalue weighted by atomic mass is 79.9. The van der Waals surface area contributed by atoms with Gasteiger partial charge < -0.3 is 0 Å². The second-order valence-electron chi connectivity index (χ2n) is 11.4. The van der Waals surface area contributed by atoms with Gasteiger partial charge in [0.2, 0.25) is 0 Å². The summed E-state index contributed by atoms with van der Waals surface area (Å²) in [5.74, 6) is 0.625. The third kappa shape index (κ3) is 5.93. The lowest BCUT2D eigenvalue weighted by Crippen LogP contribution is -2.12. The number of halogens is 1. The van der Waals surface area contributed by atoms with Crippen molar-refractivity contribution in [1.29, 1.82) is 0 Å². The molecule has 0 spiro atoms. The molecule has 0 fully saturated rings. The molecular formula is C31H39Br. The molecule has 0 aliphatic heterocycles. The van der Waals surface area contributed by atoms with Gasteiger partial charge in [-0.05, 0) is 82.0 Å². The van der Waals surface area contributed by atoms with E-state index >= 15 is 0 Å². The molecule has 3 aromatic rings. The topological polar surface area (TPSA) is 0 Å². The molecular weight excluding hydrogens is 452 g/mol. The number of hydrogen-bond donors (Lipinski definition) is 0. The second-order valence-corrected chi connectivity index (χ2v) is 12.3. The molecule has 1 heteroatoms. The van der Waals surface area contributed by atoms with E-state index in [4.69, 9.17) is 0 Å². The van der Waals surface area contributed by atoms with Gasteiger partial charge in [0.1, 0.15) is 0 Å². The van der Waals surface area contributed by atoms with Crippen LogP contribution in [0.4, 0.5) is 0 Å². The summed E-state index contributed by atoms with van der Waals surface area (Å²) in [4.78, 5) is 0. The molecule has 0 amide bonds. The first-order valence-corrected chi connectivity index (χ1v) is 12.7. The smallest absolute Gasteiger partial charge is 0.0177 e. The van der Waals surface area contributed by atoms with E-state index in [9.17, 15) is 0 Å². The van der Waals surface area contributed by atoms with Crippen LogP contribution in [0.25, 0.3) is 11.1 Å². The van der Waals surface area contributed by atoms with Crippen LogP contribution in [0.2, 0.25) is 0 Å². The van der Waals surface area contributed by atoms with Crippen LogP contribution in [0.15, 0.2) is 65.1 Å². The van der Waals surface area contributed by atoms with Crippen molar-refractivity contribution in [3.8, 4) is 11.1 Å². The van der Waals surface area contributed by atoms with Gasteiger partial charge in [0.25, 0.3) is 0 Å². The summed E-state index contributed by atoms with van der Waals surface area (Å²) in [6.45, 7) is 18.3. The molecule has 1 aliphatic carbocycles. The van der Waals surface area contributed by atoms with E-state index in [0.717, 1.165) is 4.47 Å². The van der Waals surface area contributed by atoms with Gasteiger partial charge in [-0.15, -0.1) is 0 Å². The number of benzene rings is 3. The Kier molecular flexibility index (Phi) is 7.40. The van der Waals surface area contributed by atoms with Crippen LogP contribution in [0, 0.1) is 6.92 Å². The molecule has 0 heterocycles. The van der Waals surface area contributed by atoms with Gasteiger partial charge in [0, 0.05) is 4.47 Å². The average Bonchev–Trinajstić information content (AvgIpc) is 2.83. The van der Waals surface area contributed by atoms with Crippen molar-refractivity contribution in [2.24, 2.45) is 0 Å². The number of rotatable bonds is 0. The van der Waals surface area contributed by atoms with E-state index in [-0.39, 0.29) is 10.8 Å². The standard InChI is InChI=1S/C24H32.C7H7Br/c1-16-8-9-17-10-11-18(23(2,3)4)14-21(17)22-15-19(24(5,6)7)12-13-20(16)22;1-6-3-2-4-7(8)5-6/h10-16H,8-9H2,1-7H3;2-5H,1H3. The SMILES string of the molecule is CC1CCc2ccc(C(C)(C)C)cc2-c2cc(C(C)(C)C)ccc21.Cc1cccc(Br)c1. The minimum absolute atomic E-state index is 0.187. The number of hydrogen-bond acceptors (Lipinski definition) is 0. The molecule has 0 nitrogen and oxygen atoms in total. The molecule has 0 N–H and O–H groups in total. The van der Waals surface area contributed by atoms with Crippen LogP contribution in [0.1, 0.15) is 88.6 Å². The summed E-state index contributed by atoms with van der Waals surface area (Å²) in [7, 11) is 0. The first-order chi connectivity index (χ1) is 14.9. The first-order valence-electron chi connectivity index (χ1n) is 11.9. The highest BCUT2D eigenvalue weighted by molar-refractivity contribution is 9.10. The van der Waals surface area contributed by atoms with E-state index in [2.05, 4.69) is 120 Å². The summed E-state index contributed by atoms with van der Waals surface area (Å²) in [6, 6.07) is 22.6. The quantitative estimate of drug-likeness (QED) is 0.294. The Morgan fingerprint density at radius 3 is 1.88 bits per heavy atom. The zero-order valence-corrected chi connectivity index (χ0v) is 22.7. The van der Waals surface area contributed by atoms with Crippen LogP contribution in [0.3, 0.4) is 0 Å². The maximum absolute atomic E-state index is 3.36. The molecule has 0 bridgehead atoms. The molecule has 0 saturated heterocycles. The fourth-order valence-electron chi connectivity index (χ4n) is 4.33. The molecule has 0 saturated carbocycles. The van der Waals surface area contributed by atoms with Gasteiger partial charge in [-0.1, -0.05) is 118 Å². The maximum atomic E-state index is 3.36. The van der Waals surface area contributed by atoms with Crippen molar-refractivity contribution >= 4 is 15.9 Å². The molecule has 32 heavy (non-hydrogen) atoms. The lowest BCUT2D eigenvalue weighted by atomic mass is 9.80. The summed E-state index contributed by atoms with van der Waals surface area (Å²) in [5, 5.41) is 0. The van der Waals surface area contributed by atoms with Crippen molar-refractivity contribution in [2.45, 2.75) is 85.0 Å². The van der Waals surface area contributed by atoms with Crippen molar-refractivity contribution in [3.05, 3.63) is 93.0 Å². The Balaban J connectivity index is 0.000000305. The normalized spacial score (nSPS) is 15.7. The van der Waals surface area contributed by atoms with Crippen molar-refractivity contribution < 1.29 is 0 Å². The molecule has 4 rings (SSSR count). The predicted octanol–water partition coefficient (Wildman–Crippen LogP) is 9.76. The van der Waals surface area contributed by atoms with Crippen molar-refractivity contribution in [1.82, 2.24) is 0 Å². The summed E-state index contributed by atoms with van der Waals surface area (Å²) in [5.41, 5.74) is 10.5. The van der Waals surface area contributed by atoms with Crippen molar-refractivity contribution in [2.75, 3.05) is 0 Å². The van der Waals surface area contributed by atoms with Crippen molar-refractivity contribution in [3.63, 3.8) is 0 Å². The lowest BCUT2D eigenvalue weighted by Gasteiger charge is -2.24. The lowest BCUT2D eigenvalue weighted by molar-refractivity contribution is 0.589. The average molecular weight is 492 g/mol. The number of fused-ring (bicyclic) bond motifs is 3. The fraction of sp³-hybridized carbons (Fsp3) is 0.419. The minimum Gasteiger partial charge on any atom is -0.0609 e. The van der Waals surface area contributed by atoms with Gasteiger partial charge in [-0.2, -0.15) is 0 Å². The molecule has 1 atom stereocenters. The van der Waals surface area contributed by atoms with Crippen LogP contribution in [-0.2, 0) is 17.3 Å². The minimum atomic E-state index is 0.187. The summed E-state index contributed by atoms with van der Waals surface area (Å²) >= 11 is 3.36. The highest BCUT2D eigenvalue weighted by Crippen LogP contribution is 2.41. The van der Waals surface area contributed by atoms with Crippen LogP contribution in [0.5, 0.6) is 0 Å². The van der Waals surface area contributed by atoms with Gasteiger partial charge in [-0.25, -0.2) is 0 Å². The molecule has 3 aromatic carbocycles. The maximum Gasteiger partial charge on any atom is 0.0177 e. The fourth-order valence-corrected chi connectivity index (χ4v) is 4.84. The molecule has 0 aromatic heterocycles. The Labute approximate surface area is 204 Å². The summed E-state index contributed by atoms with van der Waals surface area (Å²) in [6.07, 6.45) is 2.42. The zero-order valence-electron chi connectivity index (χ0n) is 21.1. The van der Waals surface area contributed by atoms with Crippen LogP contribution in [-0.4, -0.2) is 0 Å². The molecule has 170 valence electrons. The van der Waals surface area contributed by atoms with Crippen LogP contribution < -0.4 is 0 Å².